The molecule has 2 aromatic heterocycles. The number of para-hydroxylation sites is 1. The summed E-state index contributed by atoms with van der Waals surface area (Å²) in [5.41, 5.74) is 23.6. The van der Waals surface area contributed by atoms with Crippen LogP contribution in [0.15, 0.2) is 140 Å². The van der Waals surface area contributed by atoms with Gasteiger partial charge in [0, 0.05) is 32.0 Å². The maximum Gasteiger partial charge on any atom is 0.163 e. The van der Waals surface area contributed by atoms with Gasteiger partial charge in [-0.3, -0.25) is 4.57 Å². The van der Waals surface area contributed by atoms with Crippen LogP contribution in [0.2, 0.25) is 0 Å². The summed E-state index contributed by atoms with van der Waals surface area (Å²) in [6, 6.07) is 54.9. The van der Waals surface area contributed by atoms with Gasteiger partial charge in [-0.2, -0.15) is 0 Å². The number of fused-ring (bicyclic) bond motifs is 4. The number of pyridine rings is 1. The molecule has 2 heterocycles. The van der Waals surface area contributed by atoms with Crippen molar-refractivity contribution in [3.05, 3.63) is 190 Å². The van der Waals surface area contributed by atoms with Crippen LogP contribution in [0.4, 0.5) is 0 Å². The van der Waals surface area contributed by atoms with Gasteiger partial charge < -0.3 is 5.11 Å². The molecule has 0 unspecified atom stereocenters. The first kappa shape index (κ1) is 51.5. The summed E-state index contributed by atoms with van der Waals surface area (Å²) >= 11 is 0. The molecule has 73 heavy (non-hydrogen) atoms. The normalized spacial score (nSPS) is 13.7. The summed E-state index contributed by atoms with van der Waals surface area (Å²) in [4.78, 5) is 11.5. The van der Waals surface area contributed by atoms with E-state index in [1.165, 1.54) is 50.1 Å². The Morgan fingerprint density at radius 2 is 1.16 bits per heavy atom. The molecule has 4 nitrogen and oxygen atoms in total. The van der Waals surface area contributed by atoms with E-state index in [2.05, 4.69) is 223 Å². The molecule has 0 saturated carbocycles. The van der Waals surface area contributed by atoms with E-state index >= 15 is 0 Å². The molecule has 0 spiro atoms. The van der Waals surface area contributed by atoms with Gasteiger partial charge in [0.15, 0.2) is 5.82 Å². The van der Waals surface area contributed by atoms with Crippen molar-refractivity contribution in [2.45, 2.75) is 131 Å². The number of aryl methyl sites for hydroxylation is 2. The SMILES string of the molecule is Cc1cccc(C)c1-n1c(-c2ccc3c(n2)-c2c(O)cccc2C(C)(C)C3(C)C)nc2c(-c3[c-]cccc3)c(-c3c(-c4cc(C(C)C)cc(C(C)C)c4)cccc3-c3cc(C(C)C)ccc3C(C)C)ccc21.[Pt]. The van der Waals surface area contributed by atoms with Gasteiger partial charge in [-0.05, 0) is 139 Å². The van der Waals surface area contributed by atoms with Gasteiger partial charge in [0.2, 0.25) is 0 Å². The van der Waals surface area contributed by atoms with Crippen molar-refractivity contribution in [3.63, 3.8) is 0 Å². The molecule has 0 fully saturated rings. The Morgan fingerprint density at radius 1 is 0.521 bits per heavy atom. The van der Waals surface area contributed by atoms with E-state index in [0.29, 0.717) is 23.7 Å². The van der Waals surface area contributed by atoms with E-state index in [-0.39, 0.29) is 37.6 Å². The van der Waals surface area contributed by atoms with Crippen LogP contribution in [0.5, 0.6) is 5.75 Å². The Kier molecular flexibility index (Phi) is 13.8. The molecule has 7 aromatic carbocycles. The van der Waals surface area contributed by atoms with Gasteiger partial charge in [0.05, 0.1) is 22.4 Å². The number of nitrogens with zero attached hydrogens (tertiary/aromatic N) is 3. The molecular formula is C68H70N3OPt-. The molecule has 9 aromatic rings. The maximum absolute atomic E-state index is 11.7. The van der Waals surface area contributed by atoms with Gasteiger partial charge >= 0.3 is 0 Å². The fourth-order valence-electron chi connectivity index (χ4n) is 11.5. The topological polar surface area (TPSA) is 50.9 Å². The van der Waals surface area contributed by atoms with Gasteiger partial charge in [-0.25, -0.2) is 9.97 Å². The van der Waals surface area contributed by atoms with Crippen molar-refractivity contribution >= 4 is 11.0 Å². The van der Waals surface area contributed by atoms with Crippen molar-refractivity contribution in [2.24, 2.45) is 0 Å². The predicted octanol–water partition coefficient (Wildman–Crippen LogP) is 18.6. The minimum atomic E-state index is -0.285. The van der Waals surface area contributed by atoms with E-state index < -0.39 is 0 Å². The van der Waals surface area contributed by atoms with Crippen molar-refractivity contribution in [1.29, 1.82) is 0 Å². The zero-order valence-corrected chi connectivity index (χ0v) is 47.5. The van der Waals surface area contributed by atoms with Crippen molar-refractivity contribution < 1.29 is 26.2 Å². The summed E-state index contributed by atoms with van der Waals surface area (Å²) in [5, 5.41) is 11.7. The van der Waals surface area contributed by atoms with Gasteiger partial charge in [-0.1, -0.05) is 186 Å². The van der Waals surface area contributed by atoms with E-state index in [9.17, 15) is 5.11 Å². The Bertz CT molecular complexity index is 3520. The minimum Gasteiger partial charge on any atom is -0.507 e. The van der Waals surface area contributed by atoms with Crippen molar-refractivity contribution in [2.75, 3.05) is 0 Å². The summed E-state index contributed by atoms with van der Waals surface area (Å²) in [7, 11) is 0. The third-order valence-electron chi connectivity index (χ3n) is 16.4. The van der Waals surface area contributed by atoms with Crippen LogP contribution in [0.3, 0.4) is 0 Å². The van der Waals surface area contributed by atoms with E-state index in [1.807, 2.05) is 18.2 Å². The molecule has 0 amide bonds. The van der Waals surface area contributed by atoms with Crippen molar-refractivity contribution in [3.8, 4) is 78.7 Å². The second-order valence-electron chi connectivity index (χ2n) is 22.8. The monoisotopic (exact) mass is 1140 g/mol. The molecule has 0 saturated heterocycles. The van der Waals surface area contributed by atoms with Gasteiger partial charge in [-0.15, -0.1) is 35.9 Å². The van der Waals surface area contributed by atoms with Crippen LogP contribution in [-0.2, 0) is 31.9 Å². The largest absolute Gasteiger partial charge is 0.507 e. The van der Waals surface area contributed by atoms with Crippen LogP contribution in [-0.4, -0.2) is 19.6 Å². The number of imidazole rings is 1. The number of rotatable bonds is 10. The number of hydrogen-bond acceptors (Lipinski definition) is 3. The Balaban J connectivity index is 0.00000656. The number of aromatic nitrogens is 3. The number of phenolic OH excluding ortho intramolecular Hbond substituents is 1. The number of phenols is 1. The average Bonchev–Trinajstić information content (AvgIpc) is 3.74. The molecule has 0 bridgehead atoms. The molecule has 0 radical (unpaired) electrons. The number of benzene rings is 7. The van der Waals surface area contributed by atoms with Gasteiger partial charge in [0.1, 0.15) is 11.4 Å². The first-order chi connectivity index (χ1) is 34.3. The zero-order chi connectivity index (χ0) is 51.1. The molecule has 0 atom stereocenters. The molecule has 1 aliphatic rings. The van der Waals surface area contributed by atoms with Crippen LogP contribution in [0, 0.1) is 19.9 Å². The van der Waals surface area contributed by atoms with Crippen LogP contribution < -0.4 is 0 Å². The molecular weight excluding hydrogens is 1070 g/mol. The molecule has 1 aliphatic carbocycles. The summed E-state index contributed by atoms with van der Waals surface area (Å²) < 4.78 is 2.34. The number of aromatic hydroxyl groups is 1. The van der Waals surface area contributed by atoms with E-state index in [4.69, 9.17) is 9.97 Å². The van der Waals surface area contributed by atoms with Crippen LogP contribution >= 0.6 is 0 Å². The standard InChI is InChI=1S/C68H70N3O.Pt/c1-39(2)46-29-30-50(42(7)8)54(38-46)52-26-19-25-51(49-36-47(40(3)4)35-48(37-49)41(5)6)61(52)53-31-34-58-64(60(53)45-23-16-15-17-24-45)70-66(71(58)65-43(9)21-18-22-44(65)10)57-33-32-56-63(69-57)62-55(27-20-28-59(62)72)67(11,12)68(56,13)14;/h15-23,25-42,72H,1-14H3;/q-1;. The third kappa shape index (κ3) is 8.62. The second kappa shape index (κ2) is 19.5. The van der Waals surface area contributed by atoms with Gasteiger partial charge in [0.25, 0.3) is 0 Å². The maximum atomic E-state index is 11.7. The zero-order valence-electron chi connectivity index (χ0n) is 45.2. The molecule has 1 N–H and O–H groups in total. The predicted molar refractivity (Wildman–Crippen MR) is 304 cm³/mol. The fourth-order valence-corrected chi connectivity index (χ4v) is 11.5. The van der Waals surface area contributed by atoms with E-state index in [1.54, 1.807) is 6.07 Å². The molecule has 10 rings (SSSR count). The smallest absolute Gasteiger partial charge is 0.163 e. The molecule has 0 aliphatic heterocycles. The average molecular weight is 1140 g/mol. The second-order valence-corrected chi connectivity index (χ2v) is 22.8. The Hall–Kier alpha value is -6.35. The fraction of sp³-hybridized carbons (Fsp3) is 0.294. The van der Waals surface area contributed by atoms with Crippen molar-refractivity contribution in [1.82, 2.24) is 14.5 Å². The minimum absolute atomic E-state index is 0. The molecule has 374 valence electrons. The summed E-state index contributed by atoms with van der Waals surface area (Å²) in [6.07, 6.45) is 0. The van der Waals surface area contributed by atoms with E-state index in [0.717, 1.165) is 78.4 Å². The summed E-state index contributed by atoms with van der Waals surface area (Å²) in [5.74, 6) is 2.35. The van der Waals surface area contributed by atoms with Crippen LogP contribution in [0.1, 0.15) is 151 Å². The quantitative estimate of drug-likeness (QED) is 0.139. The Morgan fingerprint density at radius 3 is 1.81 bits per heavy atom. The first-order valence-electron chi connectivity index (χ1n) is 26.2. The number of hydrogen-bond donors (Lipinski definition) is 1. The Labute approximate surface area is 449 Å². The third-order valence-corrected chi connectivity index (χ3v) is 16.4. The molecule has 5 heteroatoms. The summed E-state index contributed by atoms with van der Waals surface area (Å²) in [6.45, 7) is 31.9. The van der Waals surface area contributed by atoms with Crippen LogP contribution in [0.25, 0.3) is 84.0 Å². The first-order valence-corrected chi connectivity index (χ1v) is 26.2.